The molecule has 0 radical (unpaired) electrons. The molecule has 3 aromatic carbocycles. The highest BCUT2D eigenvalue weighted by molar-refractivity contribution is 7.91. The van der Waals surface area contributed by atoms with Crippen molar-refractivity contribution in [1.82, 2.24) is 0 Å². The van der Waals surface area contributed by atoms with E-state index in [0.29, 0.717) is 5.75 Å². The van der Waals surface area contributed by atoms with Crippen molar-refractivity contribution in [2.75, 3.05) is 12.4 Å². The van der Waals surface area contributed by atoms with Crippen molar-refractivity contribution in [2.24, 2.45) is 0 Å². The number of sulfone groups is 1. The number of aryl methyl sites for hydroxylation is 2. The van der Waals surface area contributed by atoms with Crippen LogP contribution >= 0.6 is 0 Å². The Bertz CT molecular complexity index is 1200. The highest BCUT2D eigenvalue weighted by Gasteiger charge is 2.18. The van der Waals surface area contributed by atoms with Crippen molar-refractivity contribution in [3.63, 3.8) is 0 Å². The summed E-state index contributed by atoms with van der Waals surface area (Å²) in [4.78, 5) is 11.9. The monoisotopic (exact) mass is 454 g/mol. The molecule has 0 aliphatic carbocycles. The van der Waals surface area contributed by atoms with Crippen LogP contribution in [0.15, 0.2) is 71.6 Å². The van der Waals surface area contributed by atoms with E-state index in [-0.39, 0.29) is 34.7 Å². The molecule has 0 heterocycles. The zero-order chi connectivity index (χ0) is 23.3. The molecular weight excluding hydrogens is 428 g/mol. The zero-order valence-corrected chi connectivity index (χ0v) is 19.1. The van der Waals surface area contributed by atoms with Crippen LogP contribution in [0.4, 0.5) is 0 Å². The molecule has 3 rings (SSSR count). The first kappa shape index (κ1) is 23.3. The van der Waals surface area contributed by atoms with Crippen LogP contribution in [-0.4, -0.2) is 31.9 Å². The lowest BCUT2D eigenvalue weighted by atomic mass is 10.1. The lowest BCUT2D eigenvalue weighted by Gasteiger charge is -2.18. The molecule has 0 bridgehead atoms. The van der Waals surface area contributed by atoms with Gasteiger partial charge in [-0.3, -0.25) is 0 Å². The first-order valence-electron chi connectivity index (χ1n) is 10.2. The van der Waals surface area contributed by atoms with Gasteiger partial charge in [0.25, 0.3) is 0 Å². The summed E-state index contributed by atoms with van der Waals surface area (Å²) < 4.78 is 36.5. The quantitative estimate of drug-likeness (QED) is 0.490. The van der Waals surface area contributed by atoms with Gasteiger partial charge >= 0.3 is 5.97 Å². The van der Waals surface area contributed by atoms with Crippen LogP contribution in [0.25, 0.3) is 0 Å². The average molecular weight is 455 g/mol. The molecule has 0 amide bonds. The van der Waals surface area contributed by atoms with E-state index in [1.54, 1.807) is 24.3 Å². The zero-order valence-electron chi connectivity index (χ0n) is 18.2. The average Bonchev–Trinajstić information content (AvgIpc) is 2.74. The molecule has 168 valence electrons. The Labute approximate surface area is 188 Å². The minimum absolute atomic E-state index is 0.00382. The maximum Gasteiger partial charge on any atom is 0.339 e. The van der Waals surface area contributed by atoms with Gasteiger partial charge in [0.15, 0.2) is 9.84 Å². The van der Waals surface area contributed by atoms with Gasteiger partial charge in [0.2, 0.25) is 0 Å². The Morgan fingerprint density at radius 2 is 1.69 bits per heavy atom. The van der Waals surface area contributed by atoms with E-state index in [4.69, 9.17) is 9.47 Å². The highest BCUT2D eigenvalue weighted by Crippen LogP contribution is 2.30. The molecule has 0 aromatic heterocycles. The largest absolute Gasteiger partial charge is 0.492 e. The maximum absolute atomic E-state index is 12.5. The number of hydrogen-bond donors (Lipinski definition) is 1. The number of ether oxygens (including phenoxy) is 2. The second-order valence-corrected chi connectivity index (χ2v) is 9.73. The predicted molar refractivity (Wildman–Crippen MR) is 122 cm³/mol. The Hall–Kier alpha value is -3.32. The van der Waals surface area contributed by atoms with Crippen molar-refractivity contribution >= 4 is 15.8 Å². The summed E-state index contributed by atoms with van der Waals surface area (Å²) in [5.41, 5.74) is 2.97. The molecular formula is C25H26O6S. The van der Waals surface area contributed by atoms with Gasteiger partial charge in [-0.15, -0.1) is 0 Å². The summed E-state index contributed by atoms with van der Waals surface area (Å²) in [6.45, 7) is 5.62. The van der Waals surface area contributed by atoms with Gasteiger partial charge in [-0.1, -0.05) is 47.5 Å². The summed E-state index contributed by atoms with van der Waals surface area (Å²) in [5, 5.41) is 9.51. The van der Waals surface area contributed by atoms with E-state index >= 15 is 0 Å². The molecule has 0 aliphatic heterocycles. The summed E-state index contributed by atoms with van der Waals surface area (Å²) >= 11 is 0. The fourth-order valence-corrected chi connectivity index (χ4v) is 4.27. The van der Waals surface area contributed by atoms with Crippen LogP contribution < -0.4 is 9.47 Å². The van der Waals surface area contributed by atoms with Gasteiger partial charge < -0.3 is 14.6 Å². The van der Waals surface area contributed by atoms with Gasteiger partial charge in [-0.05, 0) is 50.6 Å². The van der Waals surface area contributed by atoms with E-state index in [0.717, 1.165) is 16.7 Å². The number of rotatable bonds is 9. The van der Waals surface area contributed by atoms with E-state index in [1.807, 2.05) is 45.0 Å². The standard InChI is InChI=1S/C25H26O6S/c1-17-7-10-22(11-8-17)32(28,29)14-13-30-21-9-12-23(25(26)27)24(16-21)31-19(3)20-6-4-5-18(2)15-20/h4-12,15-16,19H,13-14H2,1-3H3,(H,26,27). The fraction of sp³-hybridized carbons (Fsp3) is 0.240. The molecule has 0 saturated carbocycles. The lowest BCUT2D eigenvalue weighted by Crippen LogP contribution is -2.14. The number of carboxylic acids is 1. The molecule has 0 aliphatic rings. The second-order valence-electron chi connectivity index (χ2n) is 7.62. The van der Waals surface area contributed by atoms with Crippen molar-refractivity contribution in [3.8, 4) is 11.5 Å². The minimum atomic E-state index is -3.49. The third-order valence-corrected chi connectivity index (χ3v) is 6.69. The third-order valence-electron chi connectivity index (χ3n) is 5.00. The molecule has 32 heavy (non-hydrogen) atoms. The molecule has 0 saturated heterocycles. The third kappa shape index (κ3) is 5.88. The summed E-state index contributed by atoms with van der Waals surface area (Å²) in [7, 11) is -3.49. The molecule has 6 nitrogen and oxygen atoms in total. The van der Waals surface area contributed by atoms with Gasteiger partial charge in [0.05, 0.1) is 10.6 Å². The number of aromatic carboxylic acids is 1. The number of benzene rings is 3. The molecule has 0 fully saturated rings. The number of carboxylic acid groups (broad SMARTS) is 1. The molecule has 0 spiro atoms. The van der Waals surface area contributed by atoms with Crippen LogP contribution in [0, 0.1) is 13.8 Å². The summed E-state index contributed by atoms with van der Waals surface area (Å²) in [6, 6.07) is 18.8. The van der Waals surface area contributed by atoms with Crippen LogP contribution in [0.1, 0.15) is 40.1 Å². The fourth-order valence-electron chi connectivity index (χ4n) is 3.18. The molecule has 1 N–H and O–H groups in total. The normalized spacial score (nSPS) is 12.2. The predicted octanol–water partition coefficient (Wildman–Crippen LogP) is 4.99. The van der Waals surface area contributed by atoms with Crippen molar-refractivity contribution in [2.45, 2.75) is 31.8 Å². The van der Waals surface area contributed by atoms with Crippen molar-refractivity contribution in [3.05, 3.63) is 89.0 Å². The maximum atomic E-state index is 12.5. The highest BCUT2D eigenvalue weighted by atomic mass is 32.2. The van der Waals surface area contributed by atoms with Crippen LogP contribution in [0.3, 0.4) is 0 Å². The molecule has 1 unspecified atom stereocenters. The van der Waals surface area contributed by atoms with E-state index in [2.05, 4.69) is 0 Å². The Morgan fingerprint density at radius 3 is 2.34 bits per heavy atom. The molecule has 1 atom stereocenters. The van der Waals surface area contributed by atoms with E-state index in [1.165, 1.54) is 18.2 Å². The Kier molecular flexibility index (Phi) is 7.20. The molecule has 3 aromatic rings. The second kappa shape index (κ2) is 9.87. The lowest BCUT2D eigenvalue weighted by molar-refractivity contribution is 0.0689. The molecule has 7 heteroatoms. The SMILES string of the molecule is Cc1ccc(S(=O)(=O)CCOc2ccc(C(=O)O)c(OC(C)c3cccc(C)c3)c2)cc1. The summed E-state index contributed by atoms with van der Waals surface area (Å²) in [6.07, 6.45) is -0.384. The van der Waals surface area contributed by atoms with Crippen molar-refractivity contribution < 1.29 is 27.8 Å². The van der Waals surface area contributed by atoms with Crippen LogP contribution in [-0.2, 0) is 9.84 Å². The topological polar surface area (TPSA) is 89.9 Å². The first-order valence-corrected chi connectivity index (χ1v) is 11.8. The Morgan fingerprint density at radius 1 is 0.969 bits per heavy atom. The Balaban J connectivity index is 1.72. The smallest absolute Gasteiger partial charge is 0.339 e. The van der Waals surface area contributed by atoms with Gasteiger partial charge in [-0.2, -0.15) is 0 Å². The van der Waals surface area contributed by atoms with Gasteiger partial charge in [0, 0.05) is 6.07 Å². The van der Waals surface area contributed by atoms with Crippen LogP contribution in [0.5, 0.6) is 11.5 Å². The minimum Gasteiger partial charge on any atom is -0.492 e. The van der Waals surface area contributed by atoms with Crippen LogP contribution in [0.2, 0.25) is 0 Å². The van der Waals surface area contributed by atoms with Crippen molar-refractivity contribution in [1.29, 1.82) is 0 Å². The van der Waals surface area contributed by atoms with E-state index in [9.17, 15) is 18.3 Å². The number of carbonyl (C=O) groups is 1. The van der Waals surface area contributed by atoms with E-state index < -0.39 is 15.8 Å². The first-order chi connectivity index (χ1) is 15.2. The van der Waals surface area contributed by atoms with Gasteiger partial charge in [0.1, 0.15) is 29.8 Å². The van der Waals surface area contributed by atoms with Gasteiger partial charge in [-0.25, -0.2) is 13.2 Å². The summed E-state index contributed by atoms with van der Waals surface area (Å²) in [5.74, 6) is -0.831. The number of hydrogen-bond acceptors (Lipinski definition) is 5.